The first-order valence-electron chi connectivity index (χ1n) is 15.3. The lowest BCUT2D eigenvalue weighted by Crippen LogP contribution is -2.62. The molecule has 0 aliphatic heterocycles. The summed E-state index contributed by atoms with van der Waals surface area (Å²) in [4.78, 5) is 11.1. The second-order valence-electron chi connectivity index (χ2n) is 14.0. The molecule has 4 heteroatoms. The second-order valence-corrected chi connectivity index (χ2v) is 14.0. The summed E-state index contributed by atoms with van der Waals surface area (Å²) in [6.45, 7) is 9.81. The summed E-state index contributed by atoms with van der Waals surface area (Å²) >= 11 is 0. The maximum atomic E-state index is 11.9. The average Bonchev–Trinajstić information content (AvgIpc) is 3.23. The van der Waals surface area contributed by atoms with Gasteiger partial charge in [0.25, 0.3) is 0 Å². The number of aliphatic hydroxyl groups excluding tert-OH is 2. The third-order valence-corrected chi connectivity index (χ3v) is 12.5. The Balaban J connectivity index is 1.27. The van der Waals surface area contributed by atoms with Crippen LogP contribution < -0.4 is 0 Å². The van der Waals surface area contributed by atoms with Crippen LogP contribution in [-0.2, 0) is 6.42 Å². The lowest BCUT2D eigenvalue weighted by Gasteiger charge is -2.64. The standard InChI is InChI=1S/C33H50O4/c1-5-24-28-19-23(34)15-17-33(28,4)27-16-18-32(3)25(13-14-26(32)29(27)30(24)35)20(2)7-6-8-21-9-11-22(12-10-21)31(36)37/h9-12,20,23-30,34-35H,5-8,13-19H2,1-4H3,(H,36,37)/t20-,23-,24-,25?,26?,27?,28+,29?,30-,32-,33-/m1/s1. The Bertz CT molecular complexity index is 958. The van der Waals surface area contributed by atoms with E-state index in [-0.39, 0.29) is 17.6 Å². The molecule has 0 bridgehead atoms. The van der Waals surface area contributed by atoms with Gasteiger partial charge in [0, 0.05) is 0 Å². The number of fused-ring (bicyclic) bond motifs is 5. The summed E-state index contributed by atoms with van der Waals surface area (Å²) in [5.41, 5.74) is 2.17. The molecule has 4 unspecified atom stereocenters. The first-order chi connectivity index (χ1) is 17.6. The predicted molar refractivity (Wildman–Crippen MR) is 147 cm³/mol. The number of aromatic carboxylic acids is 1. The summed E-state index contributed by atoms with van der Waals surface area (Å²) in [6.07, 6.45) is 12.0. The van der Waals surface area contributed by atoms with Crippen LogP contribution in [0.2, 0.25) is 0 Å². The highest BCUT2D eigenvalue weighted by Crippen LogP contribution is 2.69. The van der Waals surface area contributed by atoms with Crippen LogP contribution in [0.3, 0.4) is 0 Å². The van der Waals surface area contributed by atoms with E-state index in [9.17, 15) is 15.0 Å². The minimum Gasteiger partial charge on any atom is -0.478 e. The summed E-state index contributed by atoms with van der Waals surface area (Å²) in [6, 6.07) is 7.38. The number of hydrogen-bond donors (Lipinski definition) is 3. The van der Waals surface area contributed by atoms with Crippen LogP contribution in [0.5, 0.6) is 0 Å². The zero-order valence-corrected chi connectivity index (χ0v) is 23.5. The van der Waals surface area contributed by atoms with Gasteiger partial charge < -0.3 is 15.3 Å². The number of aliphatic hydroxyl groups is 2. The lowest BCUT2D eigenvalue weighted by molar-refractivity contribution is -0.203. The van der Waals surface area contributed by atoms with Crippen LogP contribution in [0, 0.1) is 52.3 Å². The maximum Gasteiger partial charge on any atom is 0.335 e. The Morgan fingerprint density at radius 1 is 0.973 bits per heavy atom. The van der Waals surface area contributed by atoms with E-state index >= 15 is 0 Å². The second kappa shape index (κ2) is 10.3. The fourth-order valence-corrected chi connectivity index (χ4v) is 10.6. The minimum atomic E-state index is -0.863. The Hall–Kier alpha value is -1.39. The molecule has 4 aliphatic carbocycles. The summed E-state index contributed by atoms with van der Waals surface area (Å²) < 4.78 is 0. The van der Waals surface area contributed by atoms with Crippen LogP contribution in [-0.4, -0.2) is 33.5 Å². The molecule has 5 rings (SSSR count). The highest BCUT2D eigenvalue weighted by atomic mass is 16.4. The molecule has 1 aromatic rings. The first kappa shape index (κ1) is 27.2. The smallest absolute Gasteiger partial charge is 0.335 e. The van der Waals surface area contributed by atoms with E-state index in [0.717, 1.165) is 44.4 Å². The van der Waals surface area contributed by atoms with Crippen molar-refractivity contribution in [3.8, 4) is 0 Å². The van der Waals surface area contributed by atoms with Crippen LogP contribution in [0.15, 0.2) is 24.3 Å². The highest BCUT2D eigenvalue weighted by Gasteiger charge is 2.64. The SMILES string of the molecule is CC[C@H]1[C@@H](O)C2C3CCC([C@H](C)CCCc4ccc(C(=O)O)cc4)[C@@]3(C)CCC2[C@@]2(C)CC[C@@H](O)C[C@@H]12. The van der Waals surface area contributed by atoms with Gasteiger partial charge in [0.05, 0.1) is 17.8 Å². The van der Waals surface area contributed by atoms with Crippen LogP contribution in [0.4, 0.5) is 0 Å². The first-order valence-corrected chi connectivity index (χ1v) is 15.3. The minimum absolute atomic E-state index is 0.184. The van der Waals surface area contributed by atoms with E-state index < -0.39 is 5.97 Å². The van der Waals surface area contributed by atoms with Gasteiger partial charge in [-0.1, -0.05) is 52.7 Å². The molecule has 11 atom stereocenters. The Morgan fingerprint density at radius 2 is 1.65 bits per heavy atom. The predicted octanol–water partition coefficient (Wildman–Crippen LogP) is 6.97. The van der Waals surface area contributed by atoms with Crippen molar-refractivity contribution in [1.29, 1.82) is 0 Å². The van der Waals surface area contributed by atoms with Gasteiger partial charge in [-0.05, 0) is 128 Å². The number of hydrogen-bond acceptors (Lipinski definition) is 3. The van der Waals surface area contributed by atoms with Crippen LogP contribution in [0.1, 0.15) is 108 Å². The van der Waals surface area contributed by atoms with Gasteiger partial charge in [0.15, 0.2) is 0 Å². The lowest BCUT2D eigenvalue weighted by atomic mass is 9.41. The molecular formula is C33H50O4. The van der Waals surface area contributed by atoms with E-state index in [1.54, 1.807) is 12.1 Å². The Labute approximate surface area is 224 Å². The third kappa shape index (κ3) is 4.58. The van der Waals surface area contributed by atoms with Crippen LogP contribution >= 0.6 is 0 Å². The molecule has 0 saturated heterocycles. The molecule has 3 N–H and O–H groups in total. The molecule has 0 amide bonds. The number of carbonyl (C=O) groups is 1. The van der Waals surface area contributed by atoms with Crippen molar-refractivity contribution < 1.29 is 20.1 Å². The van der Waals surface area contributed by atoms with Crippen molar-refractivity contribution in [2.45, 2.75) is 111 Å². The molecule has 4 saturated carbocycles. The van der Waals surface area contributed by atoms with Crippen LogP contribution in [0.25, 0.3) is 0 Å². The van der Waals surface area contributed by atoms with Gasteiger partial charge in [-0.25, -0.2) is 4.79 Å². The fraction of sp³-hybridized carbons (Fsp3) is 0.788. The van der Waals surface area contributed by atoms with Crippen molar-refractivity contribution in [3.05, 3.63) is 35.4 Å². The van der Waals surface area contributed by atoms with Crippen molar-refractivity contribution in [1.82, 2.24) is 0 Å². The van der Waals surface area contributed by atoms with Gasteiger partial charge in [0.2, 0.25) is 0 Å². The number of benzene rings is 1. The highest BCUT2D eigenvalue weighted by molar-refractivity contribution is 5.87. The number of aryl methyl sites for hydroxylation is 1. The van der Waals surface area contributed by atoms with Crippen molar-refractivity contribution in [2.24, 2.45) is 52.3 Å². The molecule has 0 radical (unpaired) electrons. The van der Waals surface area contributed by atoms with E-state index in [1.807, 2.05) is 12.1 Å². The Kier molecular flexibility index (Phi) is 7.57. The zero-order chi connectivity index (χ0) is 26.5. The molecule has 1 aromatic carbocycles. The summed E-state index contributed by atoms with van der Waals surface area (Å²) in [5, 5.41) is 31.5. The molecule has 0 aromatic heterocycles. The molecule has 4 fully saturated rings. The van der Waals surface area contributed by atoms with E-state index in [2.05, 4.69) is 27.7 Å². The van der Waals surface area contributed by atoms with Crippen molar-refractivity contribution in [2.75, 3.05) is 0 Å². The normalized spacial score (nSPS) is 43.9. The number of carboxylic acid groups (broad SMARTS) is 1. The van der Waals surface area contributed by atoms with Gasteiger partial charge in [0.1, 0.15) is 0 Å². The van der Waals surface area contributed by atoms with Gasteiger partial charge >= 0.3 is 5.97 Å². The Morgan fingerprint density at radius 3 is 2.32 bits per heavy atom. The molecule has 206 valence electrons. The monoisotopic (exact) mass is 510 g/mol. The molecule has 4 nitrogen and oxygen atoms in total. The number of carboxylic acids is 1. The third-order valence-electron chi connectivity index (χ3n) is 12.5. The summed E-state index contributed by atoms with van der Waals surface area (Å²) in [7, 11) is 0. The maximum absolute atomic E-state index is 11.9. The van der Waals surface area contributed by atoms with E-state index in [1.165, 1.54) is 37.7 Å². The quantitative estimate of drug-likeness (QED) is 0.370. The molecule has 37 heavy (non-hydrogen) atoms. The number of rotatable bonds is 7. The van der Waals surface area contributed by atoms with Crippen molar-refractivity contribution >= 4 is 5.97 Å². The van der Waals surface area contributed by atoms with Gasteiger partial charge in [-0.3, -0.25) is 0 Å². The summed E-state index contributed by atoms with van der Waals surface area (Å²) in [5.74, 6) is 2.96. The molecule has 0 spiro atoms. The van der Waals surface area contributed by atoms with Crippen molar-refractivity contribution in [3.63, 3.8) is 0 Å². The van der Waals surface area contributed by atoms with E-state index in [0.29, 0.717) is 46.5 Å². The van der Waals surface area contributed by atoms with E-state index in [4.69, 9.17) is 5.11 Å². The zero-order valence-electron chi connectivity index (χ0n) is 23.5. The molecule has 4 aliphatic rings. The van der Waals surface area contributed by atoms with Gasteiger partial charge in [-0.15, -0.1) is 0 Å². The molecule has 0 heterocycles. The fourth-order valence-electron chi connectivity index (χ4n) is 10.6. The largest absolute Gasteiger partial charge is 0.478 e. The molecular weight excluding hydrogens is 460 g/mol. The topological polar surface area (TPSA) is 77.8 Å². The average molecular weight is 511 g/mol. The van der Waals surface area contributed by atoms with Gasteiger partial charge in [-0.2, -0.15) is 0 Å².